The van der Waals surface area contributed by atoms with Crippen LogP contribution in [-0.4, -0.2) is 11.5 Å². The van der Waals surface area contributed by atoms with Crippen molar-refractivity contribution in [1.82, 2.24) is 10.3 Å². The van der Waals surface area contributed by atoms with Crippen LogP contribution in [0.4, 0.5) is 0 Å². The Morgan fingerprint density at radius 2 is 1.95 bits per heavy atom. The number of aryl methyl sites for hydroxylation is 1. The molecule has 19 heavy (non-hydrogen) atoms. The Morgan fingerprint density at radius 1 is 1.21 bits per heavy atom. The third-order valence-electron chi connectivity index (χ3n) is 4.24. The lowest BCUT2D eigenvalue weighted by Gasteiger charge is -2.27. The van der Waals surface area contributed by atoms with E-state index in [2.05, 4.69) is 36.4 Å². The fourth-order valence-electron chi connectivity index (χ4n) is 3.25. The monoisotopic (exact) mass is 260 g/mol. The summed E-state index contributed by atoms with van der Waals surface area (Å²) in [5.74, 6) is 0.789. The summed E-state index contributed by atoms with van der Waals surface area (Å²) in [6.07, 6.45) is 13.6. The van der Waals surface area contributed by atoms with E-state index in [4.69, 9.17) is 0 Å². The van der Waals surface area contributed by atoms with Crippen LogP contribution in [0.1, 0.15) is 69.0 Å². The minimum atomic E-state index is 0.505. The average molecular weight is 260 g/mol. The first-order chi connectivity index (χ1) is 9.31. The molecule has 1 aromatic rings. The second-order valence-electron chi connectivity index (χ2n) is 5.98. The highest BCUT2D eigenvalue weighted by molar-refractivity contribution is 5.21. The van der Waals surface area contributed by atoms with Crippen molar-refractivity contribution >= 4 is 0 Å². The SMILES string of the molecule is CCCNC(c1cncc(C)c1)C1CCCCCC1. The lowest BCUT2D eigenvalue weighted by Crippen LogP contribution is -2.29. The molecular weight excluding hydrogens is 232 g/mol. The van der Waals surface area contributed by atoms with E-state index >= 15 is 0 Å². The maximum Gasteiger partial charge on any atom is 0.0364 e. The minimum absolute atomic E-state index is 0.505. The van der Waals surface area contributed by atoms with Gasteiger partial charge in [0.15, 0.2) is 0 Å². The molecule has 0 bridgehead atoms. The summed E-state index contributed by atoms with van der Waals surface area (Å²) < 4.78 is 0. The summed E-state index contributed by atoms with van der Waals surface area (Å²) >= 11 is 0. The summed E-state index contributed by atoms with van der Waals surface area (Å²) in [5.41, 5.74) is 2.66. The molecule has 1 unspecified atom stereocenters. The Morgan fingerprint density at radius 3 is 2.58 bits per heavy atom. The molecule has 1 fully saturated rings. The molecule has 1 heterocycles. The van der Waals surface area contributed by atoms with Crippen molar-refractivity contribution in [3.8, 4) is 0 Å². The molecule has 1 atom stereocenters. The van der Waals surface area contributed by atoms with Gasteiger partial charge in [-0.1, -0.05) is 38.7 Å². The Kier molecular flexibility index (Phi) is 5.84. The summed E-state index contributed by atoms with van der Waals surface area (Å²) in [4.78, 5) is 4.39. The number of hydrogen-bond donors (Lipinski definition) is 1. The van der Waals surface area contributed by atoms with Crippen LogP contribution in [0.2, 0.25) is 0 Å². The maximum absolute atomic E-state index is 4.39. The number of nitrogens with one attached hydrogen (secondary N) is 1. The highest BCUT2D eigenvalue weighted by Crippen LogP contribution is 2.33. The molecule has 1 aliphatic carbocycles. The Labute approximate surface area is 118 Å². The summed E-state index contributed by atoms with van der Waals surface area (Å²) in [6.45, 7) is 5.49. The first kappa shape index (κ1) is 14.5. The number of rotatable bonds is 5. The second-order valence-corrected chi connectivity index (χ2v) is 5.98. The topological polar surface area (TPSA) is 24.9 Å². The van der Waals surface area contributed by atoms with Crippen LogP contribution in [0.15, 0.2) is 18.5 Å². The molecule has 1 N–H and O–H groups in total. The lowest BCUT2D eigenvalue weighted by atomic mass is 9.87. The first-order valence-electron chi connectivity index (χ1n) is 7.96. The second kappa shape index (κ2) is 7.64. The van der Waals surface area contributed by atoms with Crippen molar-refractivity contribution in [2.24, 2.45) is 5.92 Å². The smallest absolute Gasteiger partial charge is 0.0364 e. The van der Waals surface area contributed by atoms with Crippen LogP contribution in [0, 0.1) is 12.8 Å². The zero-order chi connectivity index (χ0) is 13.5. The molecule has 2 heteroatoms. The van der Waals surface area contributed by atoms with Crippen molar-refractivity contribution in [1.29, 1.82) is 0 Å². The van der Waals surface area contributed by atoms with Gasteiger partial charge in [0.05, 0.1) is 0 Å². The average Bonchev–Trinajstić information content (AvgIpc) is 2.68. The van der Waals surface area contributed by atoms with Crippen molar-refractivity contribution in [2.45, 2.75) is 64.8 Å². The van der Waals surface area contributed by atoms with Crippen LogP contribution in [-0.2, 0) is 0 Å². The first-order valence-corrected chi connectivity index (χ1v) is 7.96. The van der Waals surface area contributed by atoms with Gasteiger partial charge in [0.25, 0.3) is 0 Å². The zero-order valence-corrected chi connectivity index (χ0v) is 12.5. The third-order valence-corrected chi connectivity index (χ3v) is 4.24. The van der Waals surface area contributed by atoms with Gasteiger partial charge < -0.3 is 5.32 Å². The zero-order valence-electron chi connectivity index (χ0n) is 12.5. The van der Waals surface area contributed by atoms with Gasteiger partial charge in [-0.2, -0.15) is 0 Å². The Balaban J connectivity index is 2.13. The molecule has 0 saturated heterocycles. The van der Waals surface area contributed by atoms with Crippen molar-refractivity contribution in [3.63, 3.8) is 0 Å². The van der Waals surface area contributed by atoms with Gasteiger partial charge in [0.2, 0.25) is 0 Å². The molecule has 1 aromatic heterocycles. The van der Waals surface area contributed by atoms with Gasteiger partial charge >= 0.3 is 0 Å². The van der Waals surface area contributed by atoms with E-state index in [1.165, 1.54) is 56.1 Å². The molecule has 2 nitrogen and oxygen atoms in total. The van der Waals surface area contributed by atoms with E-state index in [0.717, 1.165) is 12.5 Å². The molecule has 0 amide bonds. The van der Waals surface area contributed by atoms with Crippen LogP contribution in [0.3, 0.4) is 0 Å². The third kappa shape index (κ3) is 4.31. The van der Waals surface area contributed by atoms with E-state index in [1.807, 2.05) is 6.20 Å². The number of hydrogen-bond acceptors (Lipinski definition) is 2. The molecule has 0 spiro atoms. The van der Waals surface area contributed by atoms with Gasteiger partial charge in [0.1, 0.15) is 0 Å². The van der Waals surface area contributed by atoms with Crippen molar-refractivity contribution in [3.05, 3.63) is 29.6 Å². The van der Waals surface area contributed by atoms with E-state index < -0.39 is 0 Å². The molecule has 2 rings (SSSR count). The van der Waals surface area contributed by atoms with Crippen molar-refractivity contribution in [2.75, 3.05) is 6.54 Å². The van der Waals surface area contributed by atoms with Gasteiger partial charge in [-0.25, -0.2) is 0 Å². The molecule has 0 aliphatic heterocycles. The number of nitrogens with zero attached hydrogens (tertiary/aromatic N) is 1. The standard InChI is InChI=1S/C17H28N2/c1-3-10-19-17(15-8-6-4-5-7-9-15)16-11-14(2)12-18-13-16/h11-13,15,17,19H,3-10H2,1-2H3. The molecular formula is C17H28N2. The van der Waals surface area contributed by atoms with E-state index in [-0.39, 0.29) is 0 Å². The van der Waals surface area contributed by atoms with Crippen LogP contribution in [0.25, 0.3) is 0 Å². The van der Waals surface area contributed by atoms with Gasteiger partial charge in [-0.05, 0) is 49.8 Å². The fraction of sp³-hybridized carbons (Fsp3) is 0.706. The molecule has 1 aliphatic rings. The molecule has 0 radical (unpaired) electrons. The van der Waals surface area contributed by atoms with E-state index in [1.54, 1.807) is 0 Å². The van der Waals surface area contributed by atoms with Gasteiger partial charge in [0, 0.05) is 18.4 Å². The fourth-order valence-corrected chi connectivity index (χ4v) is 3.25. The van der Waals surface area contributed by atoms with Crippen LogP contribution < -0.4 is 5.32 Å². The van der Waals surface area contributed by atoms with Gasteiger partial charge in [-0.3, -0.25) is 4.98 Å². The van der Waals surface area contributed by atoms with E-state index in [9.17, 15) is 0 Å². The Bertz CT molecular complexity index is 367. The largest absolute Gasteiger partial charge is 0.310 e. The highest BCUT2D eigenvalue weighted by atomic mass is 14.9. The lowest BCUT2D eigenvalue weighted by molar-refractivity contribution is 0.325. The van der Waals surface area contributed by atoms with Crippen molar-refractivity contribution < 1.29 is 0 Å². The normalized spacial score (nSPS) is 19.1. The summed E-state index contributed by atoms with van der Waals surface area (Å²) in [5, 5.41) is 3.77. The molecule has 106 valence electrons. The Hall–Kier alpha value is -0.890. The molecule has 0 aromatic carbocycles. The highest BCUT2D eigenvalue weighted by Gasteiger charge is 2.23. The predicted molar refractivity (Wildman–Crippen MR) is 81.2 cm³/mol. The summed E-state index contributed by atoms with van der Waals surface area (Å²) in [7, 11) is 0. The molecule has 1 saturated carbocycles. The van der Waals surface area contributed by atoms with Gasteiger partial charge in [-0.15, -0.1) is 0 Å². The number of pyridine rings is 1. The maximum atomic E-state index is 4.39. The van der Waals surface area contributed by atoms with Crippen LogP contribution in [0.5, 0.6) is 0 Å². The summed E-state index contributed by atoms with van der Waals surface area (Å²) in [6, 6.07) is 2.82. The number of aromatic nitrogens is 1. The minimum Gasteiger partial charge on any atom is -0.310 e. The predicted octanol–water partition coefficient (Wildman–Crippen LogP) is 4.40. The van der Waals surface area contributed by atoms with Crippen LogP contribution >= 0.6 is 0 Å². The quantitative estimate of drug-likeness (QED) is 0.794. The van der Waals surface area contributed by atoms with E-state index in [0.29, 0.717) is 6.04 Å².